The van der Waals surface area contributed by atoms with Crippen LogP contribution in [-0.4, -0.2) is 4.98 Å². The van der Waals surface area contributed by atoms with Crippen molar-refractivity contribution in [2.24, 2.45) is 10.2 Å². The first-order chi connectivity index (χ1) is 9.33. The summed E-state index contributed by atoms with van der Waals surface area (Å²) in [6, 6.07) is 17.0. The molecule has 0 aliphatic heterocycles. The second-order valence-corrected chi connectivity index (χ2v) is 4.14. The van der Waals surface area contributed by atoms with Crippen molar-refractivity contribution in [3.8, 4) is 0 Å². The van der Waals surface area contributed by atoms with E-state index in [4.69, 9.17) is 5.73 Å². The molecule has 0 saturated carbocycles. The molecule has 0 bridgehead atoms. The summed E-state index contributed by atoms with van der Waals surface area (Å²) >= 11 is 0. The molecule has 0 saturated heterocycles. The number of para-hydroxylation sites is 1. The van der Waals surface area contributed by atoms with Crippen molar-refractivity contribution in [3.05, 3.63) is 60.8 Å². The first-order valence-electron chi connectivity index (χ1n) is 5.94. The molecule has 19 heavy (non-hydrogen) atoms. The quantitative estimate of drug-likeness (QED) is 0.544. The number of hydrogen-bond acceptors (Lipinski definition) is 4. The largest absolute Gasteiger partial charge is 0.399 e. The van der Waals surface area contributed by atoms with E-state index < -0.39 is 0 Å². The van der Waals surface area contributed by atoms with Crippen LogP contribution in [0.25, 0.3) is 10.9 Å². The van der Waals surface area contributed by atoms with Crippen LogP contribution in [0.1, 0.15) is 0 Å². The molecule has 0 aliphatic rings. The Labute approximate surface area is 110 Å². The topological polar surface area (TPSA) is 63.6 Å². The number of pyridine rings is 1. The van der Waals surface area contributed by atoms with Gasteiger partial charge >= 0.3 is 0 Å². The number of aromatic nitrogens is 1. The first kappa shape index (κ1) is 11.3. The number of rotatable bonds is 2. The molecule has 0 atom stereocenters. The number of hydrogen-bond donors (Lipinski definition) is 1. The highest BCUT2D eigenvalue weighted by atomic mass is 15.1. The Morgan fingerprint density at radius 2 is 1.63 bits per heavy atom. The molecule has 0 amide bonds. The molecule has 92 valence electrons. The summed E-state index contributed by atoms with van der Waals surface area (Å²) in [7, 11) is 0. The van der Waals surface area contributed by atoms with Gasteiger partial charge in [0.2, 0.25) is 0 Å². The number of azo groups is 1. The fourth-order valence-electron chi connectivity index (χ4n) is 1.82. The normalized spacial score (nSPS) is 11.2. The summed E-state index contributed by atoms with van der Waals surface area (Å²) in [5.74, 6) is 0. The average Bonchev–Trinajstić information content (AvgIpc) is 2.47. The summed E-state index contributed by atoms with van der Waals surface area (Å²) in [4.78, 5) is 4.29. The van der Waals surface area contributed by atoms with Gasteiger partial charge in [0.15, 0.2) is 0 Å². The molecule has 2 N–H and O–H groups in total. The summed E-state index contributed by atoms with van der Waals surface area (Å²) in [6.07, 6.45) is 1.74. The van der Waals surface area contributed by atoms with Crippen LogP contribution in [0.3, 0.4) is 0 Å². The van der Waals surface area contributed by atoms with Gasteiger partial charge in [0.1, 0.15) is 0 Å². The zero-order valence-electron chi connectivity index (χ0n) is 10.2. The molecule has 0 aliphatic carbocycles. The van der Waals surface area contributed by atoms with E-state index in [1.807, 2.05) is 42.5 Å². The Morgan fingerprint density at radius 3 is 2.47 bits per heavy atom. The predicted molar refractivity (Wildman–Crippen MR) is 76.8 cm³/mol. The Morgan fingerprint density at radius 1 is 0.842 bits per heavy atom. The Bertz CT molecular complexity index is 727. The third-order valence-corrected chi connectivity index (χ3v) is 2.79. The lowest BCUT2D eigenvalue weighted by Crippen LogP contribution is -1.80. The van der Waals surface area contributed by atoms with Gasteiger partial charge in [-0.05, 0) is 36.4 Å². The predicted octanol–water partition coefficient (Wildman–Crippen LogP) is 4.23. The van der Waals surface area contributed by atoms with E-state index >= 15 is 0 Å². The van der Waals surface area contributed by atoms with E-state index in [1.165, 1.54) is 0 Å². The third kappa shape index (κ3) is 2.42. The maximum absolute atomic E-state index is 5.63. The van der Waals surface area contributed by atoms with Crippen LogP contribution in [0.5, 0.6) is 0 Å². The lowest BCUT2D eigenvalue weighted by molar-refractivity contribution is 1.23. The number of nitrogens with zero attached hydrogens (tertiary/aromatic N) is 3. The minimum absolute atomic E-state index is 0.716. The summed E-state index contributed by atoms with van der Waals surface area (Å²) in [5, 5.41) is 9.48. The van der Waals surface area contributed by atoms with Gasteiger partial charge in [-0.15, -0.1) is 5.11 Å². The minimum atomic E-state index is 0.716. The summed E-state index contributed by atoms with van der Waals surface area (Å²) in [6.45, 7) is 0. The second-order valence-electron chi connectivity index (χ2n) is 4.14. The van der Waals surface area contributed by atoms with Gasteiger partial charge in [-0.3, -0.25) is 4.98 Å². The van der Waals surface area contributed by atoms with E-state index in [9.17, 15) is 0 Å². The van der Waals surface area contributed by atoms with Gasteiger partial charge in [0, 0.05) is 17.3 Å². The van der Waals surface area contributed by atoms with Crippen LogP contribution >= 0.6 is 0 Å². The first-order valence-corrected chi connectivity index (χ1v) is 5.94. The molecule has 4 heteroatoms. The Kier molecular flexibility index (Phi) is 2.90. The van der Waals surface area contributed by atoms with Crippen molar-refractivity contribution in [1.29, 1.82) is 0 Å². The van der Waals surface area contributed by atoms with Crippen molar-refractivity contribution in [2.75, 3.05) is 5.73 Å². The number of nitrogens with two attached hydrogens (primary N) is 1. The van der Waals surface area contributed by atoms with Gasteiger partial charge in [-0.1, -0.05) is 18.2 Å². The number of nitrogen functional groups attached to an aromatic ring is 1. The highest BCUT2D eigenvalue weighted by Gasteiger charge is 1.99. The number of benzene rings is 2. The lowest BCUT2D eigenvalue weighted by atomic mass is 10.2. The molecular weight excluding hydrogens is 236 g/mol. The van der Waals surface area contributed by atoms with Crippen LogP contribution in [0, 0.1) is 0 Å². The molecule has 0 spiro atoms. The van der Waals surface area contributed by atoms with Crippen LogP contribution in [0.15, 0.2) is 71.0 Å². The van der Waals surface area contributed by atoms with Crippen molar-refractivity contribution < 1.29 is 0 Å². The molecule has 4 nitrogen and oxygen atoms in total. The van der Waals surface area contributed by atoms with Crippen molar-refractivity contribution in [3.63, 3.8) is 0 Å². The molecule has 1 heterocycles. The molecule has 0 fully saturated rings. The van der Waals surface area contributed by atoms with E-state index in [0.29, 0.717) is 5.69 Å². The van der Waals surface area contributed by atoms with E-state index in [2.05, 4.69) is 15.2 Å². The van der Waals surface area contributed by atoms with E-state index in [-0.39, 0.29) is 0 Å². The van der Waals surface area contributed by atoms with Crippen molar-refractivity contribution >= 4 is 28.0 Å². The zero-order chi connectivity index (χ0) is 13.1. The molecule has 1 aromatic heterocycles. The molecule has 2 aromatic carbocycles. The molecule has 0 unspecified atom stereocenters. The zero-order valence-corrected chi connectivity index (χ0v) is 10.2. The van der Waals surface area contributed by atoms with Crippen LogP contribution in [0.2, 0.25) is 0 Å². The van der Waals surface area contributed by atoms with Crippen molar-refractivity contribution in [1.82, 2.24) is 4.98 Å². The maximum Gasteiger partial charge on any atom is 0.0966 e. The van der Waals surface area contributed by atoms with E-state index in [1.54, 1.807) is 18.3 Å². The minimum Gasteiger partial charge on any atom is -0.399 e. The van der Waals surface area contributed by atoms with Crippen LogP contribution < -0.4 is 5.73 Å². The summed E-state index contributed by atoms with van der Waals surface area (Å²) in [5.41, 5.74) is 8.84. The SMILES string of the molecule is Nc1ccc(N=Nc2ccnc3ccccc23)cc1. The Balaban J connectivity index is 1.99. The smallest absolute Gasteiger partial charge is 0.0966 e. The number of fused-ring (bicyclic) bond motifs is 1. The third-order valence-electron chi connectivity index (χ3n) is 2.79. The average molecular weight is 248 g/mol. The molecule has 3 aromatic rings. The number of anilines is 1. The van der Waals surface area contributed by atoms with Gasteiger partial charge < -0.3 is 5.73 Å². The fourth-order valence-corrected chi connectivity index (χ4v) is 1.82. The van der Waals surface area contributed by atoms with Gasteiger partial charge in [0.05, 0.1) is 16.9 Å². The van der Waals surface area contributed by atoms with Crippen LogP contribution in [0.4, 0.5) is 17.1 Å². The van der Waals surface area contributed by atoms with E-state index in [0.717, 1.165) is 22.3 Å². The summed E-state index contributed by atoms with van der Waals surface area (Å²) < 4.78 is 0. The fraction of sp³-hybridized carbons (Fsp3) is 0. The highest BCUT2D eigenvalue weighted by molar-refractivity contribution is 5.89. The lowest BCUT2D eigenvalue weighted by Gasteiger charge is -1.99. The van der Waals surface area contributed by atoms with Crippen LogP contribution in [-0.2, 0) is 0 Å². The highest BCUT2D eigenvalue weighted by Crippen LogP contribution is 2.26. The molecular formula is C15H12N4. The second kappa shape index (κ2) is 4.86. The maximum atomic E-state index is 5.63. The van der Waals surface area contributed by atoms with Gasteiger partial charge in [-0.2, -0.15) is 5.11 Å². The molecule has 3 rings (SSSR count). The molecule has 0 radical (unpaired) electrons. The van der Waals surface area contributed by atoms with Crippen molar-refractivity contribution in [2.45, 2.75) is 0 Å². The van der Waals surface area contributed by atoms with Gasteiger partial charge in [-0.25, -0.2) is 0 Å². The van der Waals surface area contributed by atoms with Gasteiger partial charge in [0.25, 0.3) is 0 Å². The Hall–Kier alpha value is -2.75. The standard InChI is InChI=1S/C15H12N4/c16-11-5-7-12(8-6-11)18-19-15-9-10-17-14-4-2-1-3-13(14)15/h1-10H,16H2. The monoisotopic (exact) mass is 248 g/mol.